The summed E-state index contributed by atoms with van der Waals surface area (Å²) in [5.41, 5.74) is 11.7. The fourth-order valence-electron chi connectivity index (χ4n) is 8.13. The Morgan fingerprint density at radius 3 is 1.27 bits per heavy atom. The Balaban J connectivity index is 1.17. The van der Waals surface area contributed by atoms with Crippen LogP contribution in [-0.2, 0) is 0 Å². The summed E-state index contributed by atoms with van der Waals surface area (Å²) in [5.74, 6) is 1.73. The first kappa shape index (κ1) is 35.0. The molecule has 11 rings (SSSR count). The molecule has 0 spiro atoms. The van der Waals surface area contributed by atoms with Crippen LogP contribution in [0.1, 0.15) is 0 Å². The summed E-state index contributed by atoms with van der Waals surface area (Å²) in [4.78, 5) is 17.6. The van der Waals surface area contributed by atoms with Crippen molar-refractivity contribution in [1.82, 2.24) is 15.0 Å². The third kappa shape index (κ3) is 6.45. The monoisotopic (exact) mass is 768 g/mol. The minimum Gasteiger partial charge on any atom is -0.455 e. The van der Waals surface area contributed by atoms with Crippen molar-refractivity contribution in [1.29, 1.82) is 0 Å². The minimum absolute atomic E-state index is 0.536. The lowest BCUT2D eigenvalue weighted by Gasteiger charge is -2.27. The van der Waals surface area contributed by atoms with Gasteiger partial charge in [0, 0.05) is 27.9 Å². The van der Waals surface area contributed by atoms with E-state index in [0.29, 0.717) is 23.1 Å². The van der Waals surface area contributed by atoms with E-state index in [9.17, 15) is 0 Å². The Labute approximate surface area is 347 Å². The molecule has 0 saturated heterocycles. The lowest BCUT2D eigenvalue weighted by molar-refractivity contribution is 0.670. The average Bonchev–Trinajstić information content (AvgIpc) is 3.71. The maximum Gasteiger partial charge on any atom is 0.167 e. The second kappa shape index (κ2) is 15.0. The highest BCUT2D eigenvalue weighted by Gasteiger charge is 2.25. The molecule has 0 aliphatic heterocycles. The predicted molar refractivity (Wildman–Crippen MR) is 246 cm³/mol. The molecule has 2 heterocycles. The van der Waals surface area contributed by atoms with Gasteiger partial charge in [-0.3, -0.25) is 0 Å². The highest BCUT2D eigenvalue weighted by molar-refractivity contribution is 6.19. The van der Waals surface area contributed by atoms with E-state index in [0.717, 1.165) is 72.0 Å². The van der Waals surface area contributed by atoms with E-state index in [1.165, 1.54) is 11.1 Å². The van der Waals surface area contributed by atoms with Crippen LogP contribution in [0.25, 0.3) is 89.1 Å². The van der Waals surface area contributed by atoms with Crippen molar-refractivity contribution in [2.75, 3.05) is 4.90 Å². The van der Waals surface area contributed by atoms with E-state index in [1.54, 1.807) is 0 Å². The zero-order valence-electron chi connectivity index (χ0n) is 32.5. The maximum atomic E-state index is 7.03. The van der Waals surface area contributed by atoms with Gasteiger partial charge in [-0.2, -0.15) is 0 Å². The van der Waals surface area contributed by atoms with E-state index in [1.807, 2.05) is 72.8 Å². The summed E-state index contributed by atoms with van der Waals surface area (Å²) < 4.78 is 7.03. The summed E-state index contributed by atoms with van der Waals surface area (Å²) in [6.07, 6.45) is 0. The van der Waals surface area contributed by atoms with Crippen LogP contribution in [0.2, 0.25) is 0 Å². The van der Waals surface area contributed by atoms with Gasteiger partial charge in [-0.15, -0.1) is 0 Å². The molecule has 0 aliphatic rings. The van der Waals surface area contributed by atoms with Crippen molar-refractivity contribution in [3.05, 3.63) is 218 Å². The predicted octanol–water partition coefficient (Wildman–Crippen LogP) is 14.7. The molecule has 5 nitrogen and oxygen atoms in total. The molecule has 2 aromatic heterocycles. The van der Waals surface area contributed by atoms with E-state index in [4.69, 9.17) is 19.4 Å². The molecule has 0 unspecified atom stereocenters. The summed E-state index contributed by atoms with van der Waals surface area (Å²) >= 11 is 0. The number of furan rings is 1. The molecule has 0 aliphatic carbocycles. The summed E-state index contributed by atoms with van der Waals surface area (Å²) in [6.45, 7) is 0. The molecule has 0 N–H and O–H groups in total. The number of fused-ring (bicyclic) bond motifs is 4. The Kier molecular flexibility index (Phi) is 8.75. The molecular weight excluding hydrogens is 733 g/mol. The van der Waals surface area contributed by atoms with Gasteiger partial charge >= 0.3 is 0 Å². The normalized spacial score (nSPS) is 11.3. The van der Waals surface area contributed by atoms with Crippen molar-refractivity contribution in [2.24, 2.45) is 0 Å². The van der Waals surface area contributed by atoms with Crippen molar-refractivity contribution < 1.29 is 4.42 Å². The van der Waals surface area contributed by atoms with Crippen molar-refractivity contribution in [2.45, 2.75) is 0 Å². The summed E-state index contributed by atoms with van der Waals surface area (Å²) in [6, 6.07) is 75.9. The lowest BCUT2D eigenvalue weighted by Crippen LogP contribution is -2.10. The number of hydrogen-bond acceptors (Lipinski definition) is 5. The minimum atomic E-state index is 0.536. The third-order valence-electron chi connectivity index (χ3n) is 11.1. The fourth-order valence-corrected chi connectivity index (χ4v) is 8.13. The second-order valence-corrected chi connectivity index (χ2v) is 14.8. The molecule has 0 fully saturated rings. The topological polar surface area (TPSA) is 55.1 Å². The molecule has 60 heavy (non-hydrogen) atoms. The molecule has 5 heteroatoms. The Morgan fingerprint density at radius 2 is 0.767 bits per heavy atom. The Bertz CT molecular complexity index is 3140. The number of rotatable bonds is 8. The van der Waals surface area contributed by atoms with Crippen LogP contribution in [0.5, 0.6) is 0 Å². The SMILES string of the molecule is c1ccc(-c2ccc(N(c3ccc(-c4ccccc4)cc3)c3ccc(-c4nc(-c5ccccc5)nc(-c5ccccc5)n4)c4oc5cc6ccccc6cc5c34)cc2)cc1. The molecule has 0 atom stereocenters. The van der Waals surface area contributed by atoms with E-state index in [2.05, 4.69) is 150 Å². The van der Waals surface area contributed by atoms with Crippen molar-refractivity contribution in [3.8, 4) is 56.4 Å². The molecule has 11 aromatic rings. The van der Waals surface area contributed by atoms with Gasteiger partial charge in [0.2, 0.25) is 0 Å². The largest absolute Gasteiger partial charge is 0.455 e. The molecule has 282 valence electrons. The average molecular weight is 769 g/mol. The Morgan fingerprint density at radius 1 is 0.350 bits per heavy atom. The third-order valence-corrected chi connectivity index (χ3v) is 11.1. The molecule has 0 amide bonds. The summed E-state index contributed by atoms with van der Waals surface area (Å²) in [5, 5.41) is 4.21. The van der Waals surface area contributed by atoms with Gasteiger partial charge in [0.1, 0.15) is 11.2 Å². The van der Waals surface area contributed by atoms with Gasteiger partial charge in [0.05, 0.1) is 16.6 Å². The van der Waals surface area contributed by atoms with Crippen molar-refractivity contribution in [3.63, 3.8) is 0 Å². The highest BCUT2D eigenvalue weighted by atomic mass is 16.3. The van der Waals surface area contributed by atoms with Gasteiger partial charge in [-0.25, -0.2) is 15.0 Å². The maximum absolute atomic E-state index is 7.03. The number of nitrogens with zero attached hydrogens (tertiary/aromatic N) is 4. The van der Waals surface area contributed by atoms with Crippen LogP contribution in [0.4, 0.5) is 17.1 Å². The van der Waals surface area contributed by atoms with Gasteiger partial charge in [0.15, 0.2) is 17.5 Å². The molecule has 0 saturated carbocycles. The first-order valence-electron chi connectivity index (χ1n) is 20.1. The van der Waals surface area contributed by atoms with E-state index in [-0.39, 0.29) is 0 Å². The Hall–Kier alpha value is -8.15. The standard InChI is InChI=1S/C55H36N4O/c1-5-15-37(16-6-1)39-25-29-45(30-26-39)59(46-31-27-40(28-32-46)38-17-7-2-8-18-38)49-34-33-47(52-51(49)48-35-43-23-13-14-24-44(43)36-50(48)60-52)55-57-53(41-19-9-3-10-20-41)56-54(58-55)42-21-11-4-12-22-42/h1-36H. The summed E-state index contributed by atoms with van der Waals surface area (Å²) in [7, 11) is 0. The number of anilines is 3. The second-order valence-electron chi connectivity index (χ2n) is 14.8. The van der Waals surface area contributed by atoms with Crippen LogP contribution < -0.4 is 4.90 Å². The van der Waals surface area contributed by atoms with Gasteiger partial charge in [-0.05, 0) is 81.6 Å². The molecule has 0 bridgehead atoms. The quantitative estimate of drug-likeness (QED) is 0.154. The van der Waals surface area contributed by atoms with Crippen LogP contribution in [0.15, 0.2) is 223 Å². The van der Waals surface area contributed by atoms with E-state index < -0.39 is 0 Å². The number of benzene rings is 9. The van der Waals surface area contributed by atoms with Crippen LogP contribution in [0, 0.1) is 0 Å². The molecule has 0 radical (unpaired) electrons. The van der Waals surface area contributed by atoms with Crippen LogP contribution in [0.3, 0.4) is 0 Å². The fraction of sp³-hybridized carbons (Fsp3) is 0. The van der Waals surface area contributed by atoms with E-state index >= 15 is 0 Å². The van der Waals surface area contributed by atoms with Gasteiger partial charge < -0.3 is 9.32 Å². The lowest BCUT2D eigenvalue weighted by atomic mass is 10.0. The zero-order valence-corrected chi connectivity index (χ0v) is 32.5. The van der Waals surface area contributed by atoms with Gasteiger partial charge in [0.25, 0.3) is 0 Å². The number of hydrogen-bond donors (Lipinski definition) is 0. The first-order chi connectivity index (χ1) is 29.7. The van der Waals surface area contributed by atoms with Crippen molar-refractivity contribution >= 4 is 49.8 Å². The zero-order chi connectivity index (χ0) is 39.8. The molecule has 9 aromatic carbocycles. The van der Waals surface area contributed by atoms with Crippen LogP contribution >= 0.6 is 0 Å². The molecular formula is C55H36N4O. The van der Waals surface area contributed by atoms with Crippen LogP contribution in [-0.4, -0.2) is 15.0 Å². The van der Waals surface area contributed by atoms with Gasteiger partial charge in [-0.1, -0.05) is 170 Å². The first-order valence-corrected chi connectivity index (χ1v) is 20.1. The highest BCUT2D eigenvalue weighted by Crippen LogP contribution is 2.47. The number of aromatic nitrogens is 3. The smallest absolute Gasteiger partial charge is 0.167 e.